The quantitative estimate of drug-likeness (QED) is 0.162. The number of nitrogens with one attached hydrogen (secondary N) is 1. The van der Waals surface area contributed by atoms with E-state index in [4.69, 9.17) is 21.1 Å². The normalized spacial score (nSPS) is 21.8. The van der Waals surface area contributed by atoms with E-state index in [1.165, 1.54) is 0 Å². The van der Waals surface area contributed by atoms with Gasteiger partial charge in [0.2, 0.25) is 5.91 Å². The second kappa shape index (κ2) is 16.2. The van der Waals surface area contributed by atoms with E-state index in [1.54, 1.807) is 7.11 Å². The highest BCUT2D eigenvalue weighted by Gasteiger charge is 2.45. The number of benzene rings is 3. The topological polar surface area (TPSA) is 74.3 Å². The summed E-state index contributed by atoms with van der Waals surface area (Å²) in [7, 11) is 3.76. The standard InChI is InChI=1S/C42H49ClF2N4O4/c1-26-29(7-4-8-37(26)52-3)25-49(32-13-14-32)42(51)38-33(24-31-22-30(23-36(38)46-31)41(50)48-19-17-47(2)18-20-48)28-11-9-27(10-12-28)6-5-21-53-40-35(45)16-15-34(44)39(40)43/h4,7-12,15-16,30-32,36,46H,5-6,13-14,17-25H2,1-3H3/t30-,31+,36-/m1/s1. The largest absolute Gasteiger partial charge is 0.496 e. The molecule has 3 aliphatic heterocycles. The lowest BCUT2D eigenvalue weighted by atomic mass is 9.74. The Bertz CT molecular complexity index is 1860. The number of piperazine rings is 1. The highest BCUT2D eigenvalue weighted by Crippen LogP contribution is 2.42. The van der Waals surface area contributed by atoms with Crippen LogP contribution in [-0.2, 0) is 22.6 Å². The summed E-state index contributed by atoms with van der Waals surface area (Å²) in [5, 5.41) is 3.43. The van der Waals surface area contributed by atoms with E-state index in [0.717, 1.165) is 96.7 Å². The van der Waals surface area contributed by atoms with Crippen LogP contribution in [0.1, 0.15) is 60.8 Å². The molecule has 282 valence electrons. The van der Waals surface area contributed by atoms with Crippen molar-refractivity contribution in [1.82, 2.24) is 20.0 Å². The SMILES string of the molecule is COc1cccc(CN(C(=O)C2=C(c3ccc(CCCOc4c(F)ccc(F)c4Cl)cc3)C[C@@H]3C[C@@H](C(=O)N4CCN(C)CC4)C[C@H]2N3)C2CC2)c1C. The van der Waals surface area contributed by atoms with Crippen LogP contribution in [-0.4, -0.2) is 91.6 Å². The third kappa shape index (κ3) is 8.25. The van der Waals surface area contributed by atoms with E-state index in [1.807, 2.05) is 28.9 Å². The lowest BCUT2D eigenvalue weighted by Gasteiger charge is -2.44. The van der Waals surface area contributed by atoms with Crippen LogP contribution in [0.25, 0.3) is 5.57 Å². The molecule has 2 amide bonds. The summed E-state index contributed by atoms with van der Waals surface area (Å²) in [5.41, 5.74) is 6.00. The lowest BCUT2D eigenvalue weighted by molar-refractivity contribution is -0.139. The number of hydrogen-bond acceptors (Lipinski definition) is 6. The molecule has 3 fully saturated rings. The van der Waals surface area contributed by atoms with Crippen molar-refractivity contribution < 1.29 is 27.8 Å². The predicted molar refractivity (Wildman–Crippen MR) is 202 cm³/mol. The molecule has 1 aliphatic carbocycles. The number of aryl methyl sites for hydroxylation is 1. The van der Waals surface area contributed by atoms with Crippen LogP contribution in [0.4, 0.5) is 8.78 Å². The molecule has 3 aromatic carbocycles. The van der Waals surface area contributed by atoms with Gasteiger partial charge in [0.25, 0.3) is 5.91 Å². The number of rotatable bonds is 12. The van der Waals surface area contributed by atoms with Gasteiger partial charge in [-0.2, -0.15) is 0 Å². The Morgan fingerprint density at radius 1 is 0.981 bits per heavy atom. The van der Waals surface area contributed by atoms with Crippen molar-refractivity contribution in [3.63, 3.8) is 0 Å². The van der Waals surface area contributed by atoms with Crippen molar-refractivity contribution in [2.75, 3.05) is 46.9 Å². The zero-order valence-electron chi connectivity index (χ0n) is 30.8. The van der Waals surface area contributed by atoms with Gasteiger partial charge in [0.1, 0.15) is 16.6 Å². The van der Waals surface area contributed by atoms with E-state index in [2.05, 4.69) is 47.6 Å². The molecule has 7 rings (SSSR count). The van der Waals surface area contributed by atoms with Crippen molar-refractivity contribution in [1.29, 1.82) is 0 Å². The summed E-state index contributed by atoms with van der Waals surface area (Å²) < 4.78 is 39.1. The maximum absolute atomic E-state index is 15.0. The maximum atomic E-state index is 15.0. The van der Waals surface area contributed by atoms with Gasteiger partial charge in [-0.05, 0) is 105 Å². The Morgan fingerprint density at radius 3 is 2.43 bits per heavy atom. The van der Waals surface area contributed by atoms with Gasteiger partial charge < -0.3 is 29.5 Å². The first-order valence-electron chi connectivity index (χ1n) is 18.9. The van der Waals surface area contributed by atoms with E-state index >= 15 is 0 Å². The first-order valence-corrected chi connectivity index (χ1v) is 19.2. The van der Waals surface area contributed by atoms with E-state index in [0.29, 0.717) is 32.2 Å². The number of fused-ring (bicyclic) bond motifs is 2. The third-order valence-electron chi connectivity index (χ3n) is 11.4. The number of likely N-dealkylation sites (N-methyl/N-ethyl adjacent to an activating group) is 1. The van der Waals surface area contributed by atoms with Crippen LogP contribution in [0.3, 0.4) is 0 Å². The van der Waals surface area contributed by atoms with Gasteiger partial charge in [-0.1, -0.05) is 48.0 Å². The van der Waals surface area contributed by atoms with Crippen LogP contribution in [0.15, 0.2) is 60.2 Å². The molecule has 11 heteroatoms. The van der Waals surface area contributed by atoms with Crippen LogP contribution in [0, 0.1) is 24.5 Å². The second-order valence-electron chi connectivity index (χ2n) is 15.0. The van der Waals surface area contributed by atoms with Crippen molar-refractivity contribution >= 4 is 29.0 Å². The van der Waals surface area contributed by atoms with Crippen molar-refractivity contribution in [3.8, 4) is 11.5 Å². The Labute approximate surface area is 316 Å². The minimum absolute atomic E-state index is 0.0397. The van der Waals surface area contributed by atoms with Gasteiger partial charge in [-0.3, -0.25) is 9.59 Å². The highest BCUT2D eigenvalue weighted by atomic mass is 35.5. The molecular formula is C42H49ClF2N4O4. The fraction of sp³-hybridized carbons (Fsp3) is 0.476. The lowest BCUT2D eigenvalue weighted by Crippen LogP contribution is -2.56. The smallest absolute Gasteiger partial charge is 0.252 e. The van der Waals surface area contributed by atoms with Crippen molar-refractivity contribution in [2.24, 2.45) is 5.92 Å². The van der Waals surface area contributed by atoms with Crippen molar-refractivity contribution in [3.05, 3.63) is 99.1 Å². The monoisotopic (exact) mass is 746 g/mol. The molecule has 1 N–H and O–H groups in total. The zero-order valence-corrected chi connectivity index (χ0v) is 31.6. The predicted octanol–water partition coefficient (Wildman–Crippen LogP) is 6.81. The zero-order chi connectivity index (χ0) is 37.2. The van der Waals surface area contributed by atoms with Gasteiger partial charge in [0, 0.05) is 62.3 Å². The molecule has 53 heavy (non-hydrogen) atoms. The number of amides is 2. The fourth-order valence-corrected chi connectivity index (χ4v) is 8.41. The third-order valence-corrected chi connectivity index (χ3v) is 11.8. The molecule has 3 aromatic rings. The molecule has 0 spiro atoms. The highest BCUT2D eigenvalue weighted by molar-refractivity contribution is 6.32. The summed E-state index contributed by atoms with van der Waals surface area (Å²) in [6, 6.07) is 16.3. The molecule has 2 bridgehead atoms. The molecule has 0 aromatic heterocycles. The number of halogens is 3. The molecule has 2 saturated heterocycles. The molecule has 3 heterocycles. The molecule has 0 radical (unpaired) electrons. The van der Waals surface area contributed by atoms with Gasteiger partial charge in [-0.15, -0.1) is 0 Å². The number of methoxy groups -OCH3 is 1. The average molecular weight is 747 g/mol. The number of hydrogen-bond donors (Lipinski definition) is 1. The summed E-state index contributed by atoms with van der Waals surface area (Å²) in [6.45, 7) is 5.95. The Morgan fingerprint density at radius 2 is 1.72 bits per heavy atom. The molecule has 4 aliphatic rings. The van der Waals surface area contributed by atoms with E-state index in [-0.39, 0.29) is 53.2 Å². The number of ether oxygens (including phenoxy) is 2. The van der Waals surface area contributed by atoms with Gasteiger partial charge in [0.05, 0.1) is 13.7 Å². The minimum atomic E-state index is -0.722. The van der Waals surface area contributed by atoms with Crippen LogP contribution in [0.5, 0.6) is 11.5 Å². The average Bonchev–Trinajstić information content (AvgIpc) is 4.01. The first kappa shape index (κ1) is 37.3. The van der Waals surface area contributed by atoms with Crippen LogP contribution in [0.2, 0.25) is 5.02 Å². The summed E-state index contributed by atoms with van der Waals surface area (Å²) >= 11 is 5.92. The number of carbonyl (C=O) groups excluding carboxylic acids is 2. The van der Waals surface area contributed by atoms with Gasteiger partial charge in [-0.25, -0.2) is 8.78 Å². The van der Waals surface area contributed by atoms with E-state index in [9.17, 15) is 18.4 Å². The minimum Gasteiger partial charge on any atom is -0.496 e. The summed E-state index contributed by atoms with van der Waals surface area (Å²) in [4.78, 5) is 35.2. The molecule has 0 unspecified atom stereocenters. The van der Waals surface area contributed by atoms with Gasteiger partial charge >= 0.3 is 0 Å². The number of nitrogens with zero attached hydrogens (tertiary/aromatic N) is 3. The second-order valence-corrected chi connectivity index (χ2v) is 15.4. The summed E-state index contributed by atoms with van der Waals surface area (Å²) in [6.07, 6.45) is 5.19. The molecular weight excluding hydrogens is 698 g/mol. The van der Waals surface area contributed by atoms with E-state index < -0.39 is 11.6 Å². The Balaban J connectivity index is 1.14. The first-order chi connectivity index (χ1) is 25.6. The molecule has 3 atom stereocenters. The number of piperidine rings is 1. The van der Waals surface area contributed by atoms with Gasteiger partial charge in [0.15, 0.2) is 11.6 Å². The molecule has 1 saturated carbocycles. The Kier molecular flexibility index (Phi) is 11.4. The number of carbonyl (C=O) groups is 2. The molecule has 8 nitrogen and oxygen atoms in total. The van der Waals surface area contributed by atoms with Crippen molar-refractivity contribution in [2.45, 2.75) is 76.5 Å². The Hall–Kier alpha value is -3.99. The van der Waals surface area contributed by atoms with Crippen LogP contribution < -0.4 is 14.8 Å². The fourth-order valence-electron chi connectivity index (χ4n) is 8.20. The maximum Gasteiger partial charge on any atom is 0.252 e. The van der Waals surface area contributed by atoms with Crippen LogP contribution >= 0.6 is 11.6 Å². The summed E-state index contributed by atoms with van der Waals surface area (Å²) in [5.74, 6) is -0.752.